The van der Waals surface area contributed by atoms with Gasteiger partial charge in [0, 0.05) is 18.7 Å². The molecule has 0 bridgehead atoms. The Morgan fingerprint density at radius 3 is 2.88 bits per heavy atom. The van der Waals surface area contributed by atoms with E-state index in [9.17, 15) is 10.1 Å². The molecule has 0 amide bonds. The number of ether oxygens (including phenoxy) is 1. The van der Waals surface area contributed by atoms with Crippen molar-refractivity contribution in [2.24, 2.45) is 5.92 Å². The average molecular weight is 235 g/mol. The number of nitrogens with zero attached hydrogens (tertiary/aromatic N) is 2. The summed E-state index contributed by atoms with van der Waals surface area (Å²) >= 11 is 0. The Kier molecular flexibility index (Phi) is 4.29. The Bertz CT molecular complexity index is 454. The Morgan fingerprint density at radius 2 is 2.35 bits per heavy atom. The lowest BCUT2D eigenvalue weighted by Gasteiger charge is -2.09. The number of nitro benzene ring substituents is 1. The van der Waals surface area contributed by atoms with Gasteiger partial charge in [0.25, 0.3) is 5.69 Å². The number of nitro groups is 1. The second-order valence-electron chi connectivity index (χ2n) is 3.55. The summed E-state index contributed by atoms with van der Waals surface area (Å²) in [4.78, 5) is 10.3. The van der Waals surface area contributed by atoms with Crippen molar-refractivity contribution in [3.05, 3.63) is 28.3 Å². The van der Waals surface area contributed by atoms with Crippen LogP contribution in [-0.2, 0) is 0 Å². The van der Waals surface area contributed by atoms with Crippen LogP contribution in [0.25, 0.3) is 0 Å². The van der Waals surface area contributed by atoms with E-state index < -0.39 is 4.92 Å². The fourth-order valence-electron chi connectivity index (χ4n) is 1.25. The first-order chi connectivity index (χ1) is 8.08. The number of rotatable bonds is 5. The molecule has 0 aliphatic carbocycles. The normalized spacial score (nSPS) is 11.4. The van der Waals surface area contributed by atoms with Gasteiger partial charge in [-0.2, -0.15) is 5.26 Å². The van der Waals surface area contributed by atoms with Gasteiger partial charge in [0.15, 0.2) is 0 Å². The molecule has 1 aromatic carbocycles. The van der Waals surface area contributed by atoms with Gasteiger partial charge < -0.3 is 10.1 Å². The van der Waals surface area contributed by atoms with Crippen LogP contribution in [0.3, 0.4) is 0 Å². The van der Waals surface area contributed by atoms with Crippen LogP contribution in [0.15, 0.2) is 18.2 Å². The van der Waals surface area contributed by atoms with Crippen molar-refractivity contribution in [1.29, 1.82) is 5.26 Å². The van der Waals surface area contributed by atoms with Gasteiger partial charge in [-0.25, -0.2) is 0 Å². The number of nitriles is 1. The zero-order valence-electron chi connectivity index (χ0n) is 9.64. The van der Waals surface area contributed by atoms with E-state index in [-0.39, 0.29) is 11.6 Å². The standard InChI is InChI=1S/C11H13N3O3/c1-8(6-12)7-13-10-5-9(17-2)3-4-11(10)14(15)16/h3-5,8,13H,7H2,1-2H3. The van der Waals surface area contributed by atoms with Crippen LogP contribution in [0.1, 0.15) is 6.92 Å². The summed E-state index contributed by atoms with van der Waals surface area (Å²) in [5.41, 5.74) is 0.326. The van der Waals surface area contributed by atoms with Crippen molar-refractivity contribution in [2.45, 2.75) is 6.92 Å². The van der Waals surface area contributed by atoms with Crippen LogP contribution in [-0.4, -0.2) is 18.6 Å². The third-order valence-corrected chi connectivity index (χ3v) is 2.22. The highest BCUT2D eigenvalue weighted by molar-refractivity contribution is 5.64. The monoisotopic (exact) mass is 235 g/mol. The average Bonchev–Trinajstić information content (AvgIpc) is 2.35. The highest BCUT2D eigenvalue weighted by Gasteiger charge is 2.14. The molecule has 17 heavy (non-hydrogen) atoms. The molecule has 1 atom stereocenters. The van der Waals surface area contributed by atoms with E-state index in [2.05, 4.69) is 5.32 Å². The molecule has 0 saturated heterocycles. The van der Waals surface area contributed by atoms with Gasteiger partial charge in [-0.1, -0.05) is 0 Å². The third kappa shape index (κ3) is 3.34. The molecule has 0 fully saturated rings. The van der Waals surface area contributed by atoms with Crippen molar-refractivity contribution in [1.82, 2.24) is 0 Å². The predicted molar refractivity (Wildman–Crippen MR) is 62.9 cm³/mol. The third-order valence-electron chi connectivity index (χ3n) is 2.22. The molecule has 90 valence electrons. The van der Waals surface area contributed by atoms with Crippen LogP contribution in [0.4, 0.5) is 11.4 Å². The van der Waals surface area contributed by atoms with Crippen molar-refractivity contribution >= 4 is 11.4 Å². The fraction of sp³-hybridized carbons (Fsp3) is 0.364. The quantitative estimate of drug-likeness (QED) is 0.624. The van der Waals surface area contributed by atoms with Crippen LogP contribution < -0.4 is 10.1 Å². The summed E-state index contributed by atoms with van der Waals surface area (Å²) in [5.74, 6) is 0.309. The van der Waals surface area contributed by atoms with E-state index >= 15 is 0 Å². The SMILES string of the molecule is COc1ccc([N+](=O)[O-])c(NCC(C)C#N)c1. The number of benzene rings is 1. The molecule has 0 aliphatic rings. The van der Waals surface area contributed by atoms with Crippen LogP contribution in [0.2, 0.25) is 0 Å². The number of nitrogens with one attached hydrogen (secondary N) is 1. The first-order valence-electron chi connectivity index (χ1n) is 5.04. The minimum atomic E-state index is -0.473. The number of methoxy groups -OCH3 is 1. The van der Waals surface area contributed by atoms with Gasteiger partial charge in [0.05, 0.1) is 24.0 Å². The lowest BCUT2D eigenvalue weighted by molar-refractivity contribution is -0.384. The van der Waals surface area contributed by atoms with Crippen LogP contribution in [0, 0.1) is 27.4 Å². The maximum Gasteiger partial charge on any atom is 0.292 e. The van der Waals surface area contributed by atoms with E-state index in [1.807, 2.05) is 6.07 Å². The first kappa shape index (κ1) is 12.8. The van der Waals surface area contributed by atoms with Gasteiger partial charge >= 0.3 is 0 Å². The Hall–Kier alpha value is -2.29. The highest BCUT2D eigenvalue weighted by atomic mass is 16.6. The summed E-state index contributed by atoms with van der Waals surface area (Å²) in [7, 11) is 1.49. The lowest BCUT2D eigenvalue weighted by Crippen LogP contribution is -2.10. The van der Waals surface area contributed by atoms with E-state index in [4.69, 9.17) is 10.00 Å². The van der Waals surface area contributed by atoms with Gasteiger partial charge in [0.2, 0.25) is 0 Å². The van der Waals surface area contributed by atoms with Gasteiger partial charge in [-0.3, -0.25) is 10.1 Å². The molecule has 0 saturated carbocycles. The Labute approximate surface area is 99.0 Å². The molecule has 0 aromatic heterocycles. The van der Waals surface area contributed by atoms with Gasteiger partial charge in [0.1, 0.15) is 11.4 Å². The Balaban J connectivity index is 2.94. The number of hydrogen-bond acceptors (Lipinski definition) is 5. The van der Waals surface area contributed by atoms with Crippen molar-refractivity contribution in [3.63, 3.8) is 0 Å². The number of hydrogen-bond donors (Lipinski definition) is 1. The fourth-order valence-corrected chi connectivity index (χ4v) is 1.25. The summed E-state index contributed by atoms with van der Waals surface area (Å²) in [6.45, 7) is 2.09. The highest BCUT2D eigenvalue weighted by Crippen LogP contribution is 2.28. The van der Waals surface area contributed by atoms with Crippen LogP contribution >= 0.6 is 0 Å². The molecule has 0 spiro atoms. The number of anilines is 1. The van der Waals surface area contributed by atoms with Crippen molar-refractivity contribution in [3.8, 4) is 11.8 Å². The summed E-state index contributed by atoms with van der Waals surface area (Å²) in [6.07, 6.45) is 0. The Morgan fingerprint density at radius 1 is 1.65 bits per heavy atom. The molecule has 1 unspecified atom stereocenters. The topological polar surface area (TPSA) is 88.2 Å². The zero-order valence-corrected chi connectivity index (χ0v) is 9.64. The molecular formula is C11H13N3O3. The van der Waals surface area contributed by atoms with E-state index in [0.29, 0.717) is 18.0 Å². The zero-order chi connectivity index (χ0) is 12.8. The predicted octanol–water partition coefficient (Wildman–Crippen LogP) is 2.17. The van der Waals surface area contributed by atoms with Gasteiger partial charge in [-0.05, 0) is 13.0 Å². The molecule has 6 heteroatoms. The minimum Gasteiger partial charge on any atom is -0.497 e. The second kappa shape index (κ2) is 5.70. The molecule has 6 nitrogen and oxygen atoms in total. The maximum absolute atomic E-state index is 10.8. The van der Waals surface area contributed by atoms with Crippen molar-refractivity contribution in [2.75, 3.05) is 19.0 Å². The van der Waals surface area contributed by atoms with E-state index in [0.717, 1.165) is 0 Å². The lowest BCUT2D eigenvalue weighted by atomic mass is 10.2. The molecule has 0 radical (unpaired) electrons. The second-order valence-corrected chi connectivity index (χ2v) is 3.55. The summed E-state index contributed by atoms with van der Waals surface area (Å²) in [5, 5.41) is 22.3. The van der Waals surface area contributed by atoms with E-state index in [1.165, 1.54) is 19.2 Å². The minimum absolute atomic E-state index is 0.0315. The summed E-state index contributed by atoms with van der Waals surface area (Å²) < 4.78 is 5.00. The molecular weight excluding hydrogens is 222 g/mol. The molecule has 0 heterocycles. The summed E-state index contributed by atoms with van der Waals surface area (Å²) in [6, 6.07) is 6.49. The van der Waals surface area contributed by atoms with Gasteiger partial charge in [-0.15, -0.1) is 0 Å². The van der Waals surface area contributed by atoms with E-state index in [1.54, 1.807) is 13.0 Å². The largest absolute Gasteiger partial charge is 0.497 e. The molecule has 1 N–H and O–H groups in total. The maximum atomic E-state index is 10.8. The molecule has 1 rings (SSSR count). The van der Waals surface area contributed by atoms with Crippen molar-refractivity contribution < 1.29 is 9.66 Å². The van der Waals surface area contributed by atoms with Crippen LogP contribution in [0.5, 0.6) is 5.75 Å². The smallest absolute Gasteiger partial charge is 0.292 e. The first-order valence-corrected chi connectivity index (χ1v) is 5.04. The molecule has 1 aromatic rings. The molecule has 0 aliphatic heterocycles.